The third kappa shape index (κ3) is 7.72. The number of rotatable bonds is 7. The van der Waals surface area contributed by atoms with Gasteiger partial charge >= 0.3 is 6.36 Å². The maximum absolute atomic E-state index is 12.0. The first-order valence-electron chi connectivity index (χ1n) is 6.72. The van der Waals surface area contributed by atoms with Gasteiger partial charge in [0.2, 0.25) is 0 Å². The zero-order valence-electron chi connectivity index (χ0n) is 12.5. The molecular weight excluding hydrogens is 299 g/mol. The van der Waals surface area contributed by atoms with E-state index in [0.717, 1.165) is 5.56 Å². The molecule has 0 saturated carbocycles. The molecule has 0 aliphatic heterocycles. The third-order valence-corrected chi connectivity index (χ3v) is 2.69. The lowest BCUT2D eigenvalue weighted by molar-refractivity contribution is -0.274. The fourth-order valence-electron chi connectivity index (χ4n) is 1.68. The van der Waals surface area contributed by atoms with Crippen LogP contribution in [-0.4, -0.2) is 46.2 Å². The molecule has 0 saturated heterocycles. The molecule has 0 heterocycles. The van der Waals surface area contributed by atoms with Gasteiger partial charge in [0.05, 0.1) is 6.61 Å². The highest BCUT2D eigenvalue weighted by Crippen LogP contribution is 2.22. The highest BCUT2D eigenvalue weighted by molar-refractivity contribution is 5.79. The summed E-state index contributed by atoms with van der Waals surface area (Å²) in [6.45, 7) is 1.81. The Labute approximate surface area is 127 Å². The van der Waals surface area contributed by atoms with Crippen LogP contribution < -0.4 is 15.4 Å². The molecule has 1 aromatic carbocycles. The monoisotopic (exact) mass is 319 g/mol. The lowest BCUT2D eigenvalue weighted by Crippen LogP contribution is -2.39. The van der Waals surface area contributed by atoms with Crippen molar-refractivity contribution < 1.29 is 22.6 Å². The molecule has 1 rings (SSSR count). The molecule has 0 fully saturated rings. The molecule has 22 heavy (non-hydrogen) atoms. The van der Waals surface area contributed by atoms with Gasteiger partial charge in [-0.1, -0.05) is 12.1 Å². The van der Waals surface area contributed by atoms with Gasteiger partial charge in [-0.15, -0.1) is 13.2 Å². The second-order valence-electron chi connectivity index (χ2n) is 4.36. The zero-order valence-corrected chi connectivity index (χ0v) is 12.5. The summed E-state index contributed by atoms with van der Waals surface area (Å²) >= 11 is 0. The van der Waals surface area contributed by atoms with Crippen LogP contribution >= 0.6 is 0 Å². The number of nitrogens with zero attached hydrogens (tertiary/aromatic N) is 1. The van der Waals surface area contributed by atoms with Crippen LogP contribution in [0.4, 0.5) is 13.2 Å². The number of hydrogen-bond acceptors (Lipinski definition) is 3. The minimum atomic E-state index is -4.66. The summed E-state index contributed by atoms with van der Waals surface area (Å²) in [5, 5.41) is 6.16. The first-order chi connectivity index (χ1) is 10.4. The van der Waals surface area contributed by atoms with E-state index < -0.39 is 6.36 Å². The van der Waals surface area contributed by atoms with Gasteiger partial charge < -0.3 is 20.1 Å². The van der Waals surface area contributed by atoms with Crippen LogP contribution in [0.5, 0.6) is 5.75 Å². The molecule has 2 N–H and O–H groups in total. The van der Waals surface area contributed by atoms with Crippen molar-refractivity contribution in [1.82, 2.24) is 10.6 Å². The molecular formula is C14H20F3N3O2. The van der Waals surface area contributed by atoms with Gasteiger partial charge in [0, 0.05) is 27.2 Å². The van der Waals surface area contributed by atoms with Crippen molar-refractivity contribution in [2.45, 2.75) is 12.8 Å². The fourth-order valence-corrected chi connectivity index (χ4v) is 1.68. The molecule has 0 bridgehead atoms. The molecule has 0 radical (unpaired) electrons. The standard InChI is InChI=1S/C14H20F3N3O2/c1-18-13(20-9-10-21-2)19-8-7-11-3-5-12(6-4-11)22-14(15,16)17/h3-6H,7-10H2,1-2H3,(H2,18,19,20). The molecule has 5 nitrogen and oxygen atoms in total. The predicted molar refractivity (Wildman–Crippen MR) is 78.1 cm³/mol. The maximum atomic E-state index is 12.0. The highest BCUT2D eigenvalue weighted by atomic mass is 19.4. The summed E-state index contributed by atoms with van der Waals surface area (Å²) in [7, 11) is 3.27. The molecule has 0 amide bonds. The average Bonchev–Trinajstić information content (AvgIpc) is 2.46. The molecule has 0 aliphatic carbocycles. The van der Waals surface area contributed by atoms with Gasteiger partial charge in [0.15, 0.2) is 5.96 Å². The van der Waals surface area contributed by atoms with E-state index >= 15 is 0 Å². The molecule has 0 unspecified atom stereocenters. The largest absolute Gasteiger partial charge is 0.573 e. The van der Waals surface area contributed by atoms with Gasteiger partial charge in [-0.05, 0) is 24.1 Å². The molecule has 0 spiro atoms. The Morgan fingerprint density at radius 2 is 1.77 bits per heavy atom. The van der Waals surface area contributed by atoms with E-state index in [-0.39, 0.29) is 5.75 Å². The van der Waals surface area contributed by atoms with E-state index in [1.54, 1.807) is 26.3 Å². The van der Waals surface area contributed by atoms with E-state index in [1.807, 2.05) is 0 Å². The Balaban J connectivity index is 2.35. The lowest BCUT2D eigenvalue weighted by atomic mass is 10.1. The van der Waals surface area contributed by atoms with Crippen LogP contribution in [0.15, 0.2) is 29.3 Å². The van der Waals surface area contributed by atoms with Crippen LogP contribution in [0.3, 0.4) is 0 Å². The summed E-state index contributed by atoms with van der Waals surface area (Å²) in [5.74, 6) is 0.426. The lowest BCUT2D eigenvalue weighted by Gasteiger charge is -2.12. The van der Waals surface area contributed by atoms with Gasteiger partial charge in [-0.2, -0.15) is 0 Å². The number of hydrogen-bond donors (Lipinski definition) is 2. The van der Waals surface area contributed by atoms with E-state index in [2.05, 4.69) is 20.4 Å². The van der Waals surface area contributed by atoms with Crippen LogP contribution in [0.25, 0.3) is 0 Å². The van der Waals surface area contributed by atoms with Crippen molar-refractivity contribution in [2.24, 2.45) is 4.99 Å². The molecule has 124 valence electrons. The number of benzene rings is 1. The van der Waals surface area contributed by atoms with Crippen molar-refractivity contribution in [3.63, 3.8) is 0 Å². The van der Waals surface area contributed by atoms with E-state index in [9.17, 15) is 13.2 Å². The van der Waals surface area contributed by atoms with Gasteiger partial charge in [-0.25, -0.2) is 0 Å². The van der Waals surface area contributed by atoms with E-state index in [0.29, 0.717) is 32.1 Å². The molecule has 1 aromatic rings. The van der Waals surface area contributed by atoms with Crippen molar-refractivity contribution in [3.05, 3.63) is 29.8 Å². The Morgan fingerprint density at radius 1 is 1.14 bits per heavy atom. The summed E-state index contributed by atoms with van der Waals surface area (Å²) in [4.78, 5) is 4.04. The van der Waals surface area contributed by atoms with Crippen molar-refractivity contribution in [3.8, 4) is 5.75 Å². The topological polar surface area (TPSA) is 54.9 Å². The smallest absolute Gasteiger partial charge is 0.406 e. The number of nitrogens with one attached hydrogen (secondary N) is 2. The van der Waals surface area contributed by atoms with Crippen LogP contribution in [0.2, 0.25) is 0 Å². The predicted octanol–water partition coefficient (Wildman–Crippen LogP) is 1.94. The van der Waals surface area contributed by atoms with Crippen LogP contribution in [0.1, 0.15) is 5.56 Å². The van der Waals surface area contributed by atoms with Crippen LogP contribution in [0, 0.1) is 0 Å². The number of methoxy groups -OCH3 is 1. The minimum absolute atomic E-state index is 0.221. The third-order valence-electron chi connectivity index (χ3n) is 2.69. The number of guanidine groups is 1. The number of halogens is 3. The quantitative estimate of drug-likeness (QED) is 0.458. The summed E-state index contributed by atoms with van der Waals surface area (Å²) in [6, 6.07) is 5.80. The van der Waals surface area contributed by atoms with Crippen molar-refractivity contribution >= 4 is 5.96 Å². The summed E-state index contributed by atoms with van der Waals surface area (Å²) in [5.41, 5.74) is 0.898. The fraction of sp³-hybridized carbons (Fsp3) is 0.500. The Bertz CT molecular complexity index is 461. The maximum Gasteiger partial charge on any atom is 0.573 e. The van der Waals surface area contributed by atoms with Gasteiger partial charge in [0.1, 0.15) is 5.75 Å². The SMILES string of the molecule is CN=C(NCCOC)NCCc1ccc(OC(F)(F)F)cc1. The highest BCUT2D eigenvalue weighted by Gasteiger charge is 2.30. The zero-order chi connectivity index (χ0) is 16.4. The minimum Gasteiger partial charge on any atom is -0.406 e. The molecule has 8 heteroatoms. The van der Waals surface area contributed by atoms with Crippen molar-refractivity contribution in [1.29, 1.82) is 0 Å². The Kier molecular flexibility index (Phi) is 7.51. The normalized spacial score (nSPS) is 12.1. The first kappa shape index (κ1) is 18.1. The second kappa shape index (κ2) is 9.14. The van der Waals surface area contributed by atoms with Crippen LogP contribution in [-0.2, 0) is 11.2 Å². The average molecular weight is 319 g/mol. The summed E-state index contributed by atoms with van der Waals surface area (Å²) in [6.07, 6.45) is -4.01. The Hall–Kier alpha value is -1.96. The molecule has 0 aromatic heterocycles. The van der Waals surface area contributed by atoms with E-state index in [1.165, 1.54) is 12.1 Å². The second-order valence-corrected chi connectivity index (χ2v) is 4.36. The Morgan fingerprint density at radius 3 is 2.32 bits per heavy atom. The van der Waals surface area contributed by atoms with E-state index in [4.69, 9.17) is 4.74 Å². The summed E-state index contributed by atoms with van der Waals surface area (Å²) < 4.78 is 44.8. The number of aliphatic imine (C=N–C) groups is 1. The molecule has 0 aliphatic rings. The molecule has 0 atom stereocenters. The van der Waals surface area contributed by atoms with Crippen molar-refractivity contribution in [2.75, 3.05) is 33.9 Å². The van der Waals surface area contributed by atoms with Gasteiger partial charge in [-0.3, -0.25) is 4.99 Å². The van der Waals surface area contributed by atoms with Gasteiger partial charge in [0.25, 0.3) is 0 Å². The number of ether oxygens (including phenoxy) is 2. The number of alkyl halides is 3. The first-order valence-corrected chi connectivity index (χ1v) is 6.72.